The van der Waals surface area contributed by atoms with Crippen molar-refractivity contribution in [3.8, 4) is 0 Å². The third-order valence-corrected chi connectivity index (χ3v) is 1.54. The van der Waals surface area contributed by atoms with E-state index in [9.17, 15) is 0 Å². The number of anilines is 1. The molecule has 0 saturated carbocycles. The van der Waals surface area contributed by atoms with Gasteiger partial charge in [0.1, 0.15) is 0 Å². The van der Waals surface area contributed by atoms with Gasteiger partial charge in [0.15, 0.2) is 0 Å². The minimum Gasteiger partial charge on any atom is -0.450 e. The van der Waals surface area contributed by atoms with Gasteiger partial charge in [-0.2, -0.15) is 0 Å². The zero-order valence-electron chi connectivity index (χ0n) is 8.11. The van der Waals surface area contributed by atoms with E-state index < -0.39 is 6.16 Å². The Labute approximate surface area is 82.1 Å². The van der Waals surface area contributed by atoms with Crippen LogP contribution in [0.3, 0.4) is 0 Å². The van der Waals surface area contributed by atoms with Crippen LogP contribution >= 0.6 is 0 Å². The average Bonchev–Trinajstić information content (AvgIpc) is 2.03. The van der Waals surface area contributed by atoms with Crippen molar-refractivity contribution in [3.63, 3.8) is 0 Å². The molecule has 0 saturated heterocycles. The van der Waals surface area contributed by atoms with Crippen molar-refractivity contribution >= 4 is 11.8 Å². The SMILES string of the molecule is Cc1ccc(NN)c(C)c1.O=C(O)O. The summed E-state index contributed by atoms with van der Waals surface area (Å²) < 4.78 is 0. The Morgan fingerprint density at radius 3 is 2.21 bits per heavy atom. The van der Waals surface area contributed by atoms with Gasteiger partial charge in [-0.3, -0.25) is 5.84 Å². The summed E-state index contributed by atoms with van der Waals surface area (Å²) in [5.41, 5.74) is 6.06. The van der Waals surface area contributed by atoms with Gasteiger partial charge in [0.05, 0.1) is 5.69 Å². The van der Waals surface area contributed by atoms with Gasteiger partial charge in [0.25, 0.3) is 0 Å². The van der Waals surface area contributed by atoms with E-state index in [2.05, 4.69) is 18.4 Å². The lowest BCUT2D eigenvalue weighted by atomic mass is 10.1. The van der Waals surface area contributed by atoms with Crippen LogP contribution in [0.4, 0.5) is 10.5 Å². The largest absolute Gasteiger partial charge is 0.503 e. The lowest BCUT2D eigenvalue weighted by molar-refractivity contribution is 0.137. The fraction of sp³-hybridized carbons (Fsp3) is 0.222. The first-order valence-corrected chi connectivity index (χ1v) is 3.93. The van der Waals surface area contributed by atoms with Crippen LogP contribution in [-0.4, -0.2) is 16.4 Å². The summed E-state index contributed by atoms with van der Waals surface area (Å²) in [6, 6.07) is 6.10. The minimum atomic E-state index is -1.83. The Kier molecular flexibility index (Phi) is 5.09. The Bertz CT molecular complexity index is 309. The van der Waals surface area contributed by atoms with Gasteiger partial charge in [0.2, 0.25) is 0 Å². The van der Waals surface area contributed by atoms with Crippen molar-refractivity contribution < 1.29 is 15.0 Å². The Morgan fingerprint density at radius 1 is 1.36 bits per heavy atom. The normalized spacial score (nSPS) is 8.50. The molecule has 5 N–H and O–H groups in total. The van der Waals surface area contributed by atoms with Crippen molar-refractivity contribution in [2.45, 2.75) is 13.8 Å². The molecule has 0 bridgehead atoms. The molecule has 0 radical (unpaired) electrons. The molecule has 1 aromatic carbocycles. The fourth-order valence-electron chi connectivity index (χ4n) is 0.976. The molecule has 0 aromatic heterocycles. The molecule has 0 aliphatic rings. The molecule has 1 rings (SSSR count). The number of benzene rings is 1. The van der Waals surface area contributed by atoms with Crippen molar-refractivity contribution in [2.24, 2.45) is 5.84 Å². The molecule has 1 aromatic rings. The van der Waals surface area contributed by atoms with Crippen LogP contribution in [0.25, 0.3) is 0 Å². The quantitative estimate of drug-likeness (QED) is 0.407. The lowest BCUT2D eigenvalue weighted by Gasteiger charge is -2.03. The van der Waals surface area contributed by atoms with Gasteiger partial charge in [0, 0.05) is 0 Å². The molecular weight excluding hydrogens is 184 g/mol. The highest BCUT2D eigenvalue weighted by atomic mass is 16.6. The van der Waals surface area contributed by atoms with E-state index in [0.29, 0.717) is 0 Å². The molecule has 0 unspecified atom stereocenters. The Hall–Kier alpha value is -1.75. The van der Waals surface area contributed by atoms with E-state index in [4.69, 9.17) is 20.9 Å². The third kappa shape index (κ3) is 5.00. The summed E-state index contributed by atoms with van der Waals surface area (Å²) in [6.07, 6.45) is -1.83. The summed E-state index contributed by atoms with van der Waals surface area (Å²) in [5.74, 6) is 5.25. The standard InChI is InChI=1S/C8H12N2.CH2O3/c1-6-3-4-8(10-9)7(2)5-6;2-1(3)4/h3-5,10H,9H2,1-2H3;(H2,2,3,4). The number of hydrogen-bond donors (Lipinski definition) is 4. The number of aryl methyl sites for hydroxylation is 2. The van der Waals surface area contributed by atoms with Crippen molar-refractivity contribution in [1.82, 2.24) is 0 Å². The number of hydrazine groups is 1. The van der Waals surface area contributed by atoms with Gasteiger partial charge in [-0.05, 0) is 25.5 Å². The van der Waals surface area contributed by atoms with Crippen molar-refractivity contribution in [2.75, 3.05) is 5.43 Å². The topological polar surface area (TPSA) is 95.6 Å². The maximum atomic E-state index is 8.56. The monoisotopic (exact) mass is 198 g/mol. The van der Waals surface area contributed by atoms with E-state index in [1.807, 2.05) is 19.1 Å². The Morgan fingerprint density at radius 2 is 1.86 bits per heavy atom. The van der Waals surface area contributed by atoms with Gasteiger partial charge < -0.3 is 15.6 Å². The van der Waals surface area contributed by atoms with Crippen LogP contribution in [0.1, 0.15) is 11.1 Å². The van der Waals surface area contributed by atoms with Crippen LogP contribution in [0.15, 0.2) is 18.2 Å². The maximum absolute atomic E-state index is 8.56. The van der Waals surface area contributed by atoms with Crippen LogP contribution in [0, 0.1) is 13.8 Å². The highest BCUT2D eigenvalue weighted by Crippen LogP contribution is 2.13. The highest BCUT2D eigenvalue weighted by Gasteiger charge is 1.93. The molecule has 0 atom stereocenters. The average molecular weight is 198 g/mol. The third-order valence-electron chi connectivity index (χ3n) is 1.54. The molecule has 0 fully saturated rings. The van der Waals surface area contributed by atoms with E-state index >= 15 is 0 Å². The van der Waals surface area contributed by atoms with E-state index in [-0.39, 0.29) is 0 Å². The summed E-state index contributed by atoms with van der Waals surface area (Å²) in [7, 11) is 0. The number of carbonyl (C=O) groups is 1. The number of nitrogens with two attached hydrogens (primary N) is 1. The highest BCUT2D eigenvalue weighted by molar-refractivity contribution is 5.53. The summed E-state index contributed by atoms with van der Waals surface area (Å²) in [6.45, 7) is 4.09. The summed E-state index contributed by atoms with van der Waals surface area (Å²) in [5, 5.41) is 13.9. The molecule has 0 spiro atoms. The zero-order valence-corrected chi connectivity index (χ0v) is 8.11. The molecule has 78 valence electrons. The fourth-order valence-corrected chi connectivity index (χ4v) is 0.976. The van der Waals surface area contributed by atoms with Gasteiger partial charge in [-0.15, -0.1) is 0 Å². The molecule has 5 nitrogen and oxygen atoms in total. The van der Waals surface area contributed by atoms with Gasteiger partial charge in [-0.1, -0.05) is 17.7 Å². The Balaban J connectivity index is 0.000000364. The second-order valence-electron chi connectivity index (χ2n) is 2.75. The maximum Gasteiger partial charge on any atom is 0.503 e. The minimum absolute atomic E-state index is 0.991. The first kappa shape index (κ1) is 12.2. The van der Waals surface area contributed by atoms with E-state index in [0.717, 1.165) is 5.69 Å². The van der Waals surface area contributed by atoms with E-state index in [1.54, 1.807) is 0 Å². The number of rotatable bonds is 1. The van der Waals surface area contributed by atoms with Crippen LogP contribution in [0.5, 0.6) is 0 Å². The number of nitrogen functional groups attached to an aromatic ring is 1. The smallest absolute Gasteiger partial charge is 0.450 e. The molecule has 0 aliphatic heterocycles. The second-order valence-corrected chi connectivity index (χ2v) is 2.75. The molecule has 5 heteroatoms. The molecule has 0 amide bonds. The summed E-state index contributed by atoms with van der Waals surface area (Å²) in [4.78, 5) is 8.56. The van der Waals surface area contributed by atoms with Crippen molar-refractivity contribution in [1.29, 1.82) is 0 Å². The predicted octanol–water partition coefficient (Wildman–Crippen LogP) is 1.81. The number of carboxylic acid groups (broad SMARTS) is 2. The van der Waals surface area contributed by atoms with E-state index in [1.165, 1.54) is 11.1 Å². The predicted molar refractivity (Wildman–Crippen MR) is 54.4 cm³/mol. The van der Waals surface area contributed by atoms with Crippen LogP contribution in [-0.2, 0) is 0 Å². The first-order valence-electron chi connectivity index (χ1n) is 3.93. The number of hydrogen-bond acceptors (Lipinski definition) is 3. The number of nitrogens with one attached hydrogen (secondary N) is 1. The zero-order chi connectivity index (χ0) is 11.1. The molecular formula is C9H14N2O3. The summed E-state index contributed by atoms with van der Waals surface area (Å²) >= 11 is 0. The lowest BCUT2D eigenvalue weighted by Crippen LogP contribution is -2.07. The van der Waals surface area contributed by atoms with Crippen molar-refractivity contribution in [3.05, 3.63) is 29.3 Å². The second kappa shape index (κ2) is 5.82. The molecule has 0 aliphatic carbocycles. The van der Waals surface area contributed by atoms with Crippen LogP contribution in [0.2, 0.25) is 0 Å². The van der Waals surface area contributed by atoms with Crippen LogP contribution < -0.4 is 11.3 Å². The molecule has 0 heterocycles. The van der Waals surface area contributed by atoms with Gasteiger partial charge >= 0.3 is 6.16 Å². The molecule has 14 heavy (non-hydrogen) atoms. The van der Waals surface area contributed by atoms with Gasteiger partial charge in [-0.25, -0.2) is 4.79 Å². The first-order chi connectivity index (χ1) is 6.47.